The number of anilines is 1. The highest BCUT2D eigenvalue weighted by molar-refractivity contribution is 7.99. The van der Waals surface area contributed by atoms with E-state index in [1.807, 2.05) is 12.1 Å². The highest BCUT2D eigenvalue weighted by atomic mass is 32.2. The van der Waals surface area contributed by atoms with Crippen molar-refractivity contribution in [1.29, 1.82) is 0 Å². The van der Waals surface area contributed by atoms with Gasteiger partial charge in [0.1, 0.15) is 11.4 Å². The van der Waals surface area contributed by atoms with Gasteiger partial charge >= 0.3 is 6.18 Å². The number of benzene rings is 2. The van der Waals surface area contributed by atoms with E-state index in [1.54, 1.807) is 25.2 Å². The first-order valence-corrected chi connectivity index (χ1v) is 10.5. The Labute approximate surface area is 183 Å². The van der Waals surface area contributed by atoms with Crippen molar-refractivity contribution < 1.29 is 27.1 Å². The molecule has 0 aromatic heterocycles. The lowest BCUT2D eigenvalue weighted by molar-refractivity contribution is -0.146. The topological polar surface area (TPSA) is 32.8 Å². The summed E-state index contributed by atoms with van der Waals surface area (Å²) in [6.45, 7) is 0.720. The molecular weight excluding hydrogens is 432 g/mol. The predicted molar refractivity (Wildman–Crippen MR) is 112 cm³/mol. The Kier molecular flexibility index (Phi) is 6.98. The van der Waals surface area contributed by atoms with Gasteiger partial charge in [0.2, 0.25) is 5.91 Å². The van der Waals surface area contributed by atoms with Crippen molar-refractivity contribution in [2.75, 3.05) is 38.7 Å². The second-order valence-corrected chi connectivity index (χ2v) is 8.77. The molecule has 1 unspecified atom stereocenters. The summed E-state index contributed by atoms with van der Waals surface area (Å²) in [6, 6.07) is 11.7. The summed E-state index contributed by atoms with van der Waals surface area (Å²) in [7, 11) is 3.12. The van der Waals surface area contributed by atoms with Gasteiger partial charge in [-0.25, -0.2) is 4.39 Å². The second kappa shape index (κ2) is 9.18. The molecule has 0 spiro atoms. The molecule has 0 bridgehead atoms. The van der Waals surface area contributed by atoms with Gasteiger partial charge < -0.3 is 9.64 Å². The monoisotopic (exact) mass is 456 g/mol. The molecule has 0 aliphatic carbocycles. The van der Waals surface area contributed by atoms with Crippen molar-refractivity contribution in [2.45, 2.75) is 34.9 Å². The molecule has 1 aliphatic heterocycles. The number of ether oxygens (including phenoxy) is 1. The standard InChI is InChI=1S/C22H24F4N2O2S/c1-15(29)27(2)18-4-6-19(7-5-18)31-20-11-16(10-17(23)12-20)21(30-3)8-9-28(13-21)14-22(24,25)26/h4-7,10-12H,8-9,13-14H2,1-3H3. The molecule has 4 nitrogen and oxygen atoms in total. The number of hydrogen-bond donors (Lipinski definition) is 0. The van der Waals surface area contributed by atoms with Gasteiger partial charge in [-0.3, -0.25) is 9.69 Å². The van der Waals surface area contributed by atoms with Gasteiger partial charge in [-0.1, -0.05) is 11.8 Å². The Bertz CT molecular complexity index is 936. The largest absolute Gasteiger partial charge is 0.401 e. The van der Waals surface area contributed by atoms with Crippen LogP contribution < -0.4 is 4.90 Å². The SMILES string of the molecule is COC1(c2cc(F)cc(Sc3ccc(N(C)C(C)=O)cc3)c2)CCN(CC(F)(F)F)C1. The number of nitrogens with zero attached hydrogens (tertiary/aromatic N) is 2. The molecule has 1 aliphatic rings. The normalized spacial score (nSPS) is 19.6. The average molecular weight is 457 g/mol. The molecule has 0 N–H and O–H groups in total. The summed E-state index contributed by atoms with van der Waals surface area (Å²) in [5.74, 6) is -0.560. The number of halogens is 4. The van der Waals surface area contributed by atoms with Crippen molar-refractivity contribution in [3.63, 3.8) is 0 Å². The van der Waals surface area contributed by atoms with Crippen molar-refractivity contribution in [3.05, 3.63) is 53.8 Å². The molecule has 31 heavy (non-hydrogen) atoms. The maximum absolute atomic E-state index is 14.4. The molecule has 1 heterocycles. The number of carbonyl (C=O) groups is 1. The van der Waals surface area contributed by atoms with Gasteiger partial charge in [0.25, 0.3) is 0 Å². The fraction of sp³-hybridized carbons (Fsp3) is 0.409. The van der Waals surface area contributed by atoms with E-state index < -0.39 is 24.1 Å². The van der Waals surface area contributed by atoms with E-state index in [2.05, 4.69) is 0 Å². The molecular formula is C22H24F4N2O2S. The molecule has 1 fully saturated rings. The Morgan fingerprint density at radius 2 is 1.87 bits per heavy atom. The minimum absolute atomic E-state index is 0.0443. The van der Waals surface area contributed by atoms with Crippen LogP contribution in [0, 0.1) is 5.82 Å². The van der Waals surface area contributed by atoms with Crippen LogP contribution in [0.2, 0.25) is 0 Å². The number of likely N-dealkylation sites (tertiary alicyclic amines) is 1. The average Bonchev–Trinajstić information content (AvgIpc) is 3.10. The lowest BCUT2D eigenvalue weighted by atomic mass is 9.92. The van der Waals surface area contributed by atoms with Crippen LogP contribution in [0.3, 0.4) is 0 Å². The van der Waals surface area contributed by atoms with Crippen LogP contribution in [0.15, 0.2) is 52.3 Å². The molecule has 168 valence electrons. The first-order chi connectivity index (χ1) is 14.5. The summed E-state index contributed by atoms with van der Waals surface area (Å²) >= 11 is 1.33. The van der Waals surface area contributed by atoms with Crippen LogP contribution in [0.4, 0.5) is 23.2 Å². The fourth-order valence-electron chi connectivity index (χ4n) is 3.71. The zero-order valence-electron chi connectivity index (χ0n) is 17.5. The fourth-order valence-corrected chi connectivity index (χ4v) is 4.61. The van der Waals surface area contributed by atoms with E-state index >= 15 is 0 Å². The highest BCUT2D eigenvalue weighted by Gasteiger charge is 2.43. The quantitative estimate of drug-likeness (QED) is 0.569. The van der Waals surface area contributed by atoms with E-state index in [1.165, 1.54) is 47.7 Å². The minimum Gasteiger partial charge on any atom is -0.372 e. The summed E-state index contributed by atoms with van der Waals surface area (Å²) in [4.78, 5) is 15.7. The molecule has 1 saturated heterocycles. The Morgan fingerprint density at radius 3 is 2.45 bits per heavy atom. The number of methoxy groups -OCH3 is 1. The van der Waals surface area contributed by atoms with Gasteiger partial charge in [0.05, 0.1) is 6.54 Å². The van der Waals surface area contributed by atoms with Crippen LogP contribution in [-0.4, -0.2) is 50.8 Å². The molecule has 9 heteroatoms. The van der Waals surface area contributed by atoms with Crippen molar-refractivity contribution in [3.8, 4) is 0 Å². The molecule has 0 saturated carbocycles. The van der Waals surface area contributed by atoms with Crippen LogP contribution in [-0.2, 0) is 15.1 Å². The first-order valence-electron chi connectivity index (χ1n) is 9.69. The van der Waals surface area contributed by atoms with Crippen LogP contribution in [0.25, 0.3) is 0 Å². The van der Waals surface area contributed by atoms with Gasteiger partial charge in [-0.2, -0.15) is 13.2 Å². The summed E-state index contributed by atoms with van der Waals surface area (Å²) < 4.78 is 58.4. The third-order valence-corrected chi connectivity index (χ3v) is 6.41. The maximum atomic E-state index is 14.4. The molecule has 2 aromatic rings. The van der Waals surface area contributed by atoms with Crippen LogP contribution in [0.1, 0.15) is 18.9 Å². The van der Waals surface area contributed by atoms with Gasteiger partial charge in [-0.15, -0.1) is 0 Å². The van der Waals surface area contributed by atoms with E-state index in [-0.39, 0.29) is 19.0 Å². The number of rotatable bonds is 6. The predicted octanol–water partition coefficient (Wildman–Crippen LogP) is 5.07. The van der Waals surface area contributed by atoms with Crippen molar-refractivity contribution in [1.82, 2.24) is 4.90 Å². The van der Waals surface area contributed by atoms with Crippen molar-refractivity contribution >= 4 is 23.4 Å². The summed E-state index contributed by atoms with van der Waals surface area (Å²) in [6.07, 6.45) is -3.95. The molecule has 0 radical (unpaired) electrons. The number of alkyl halides is 3. The van der Waals surface area contributed by atoms with E-state index in [9.17, 15) is 22.4 Å². The third-order valence-electron chi connectivity index (χ3n) is 5.43. The number of hydrogen-bond acceptors (Lipinski definition) is 4. The van der Waals surface area contributed by atoms with E-state index in [0.717, 1.165) is 10.6 Å². The third kappa shape index (κ3) is 5.78. The molecule has 1 atom stereocenters. The first kappa shape index (κ1) is 23.6. The minimum atomic E-state index is -4.30. The zero-order chi connectivity index (χ0) is 22.8. The van der Waals surface area contributed by atoms with E-state index in [0.29, 0.717) is 16.9 Å². The van der Waals surface area contributed by atoms with Gasteiger partial charge in [0.15, 0.2) is 0 Å². The Morgan fingerprint density at radius 1 is 1.19 bits per heavy atom. The number of carbonyl (C=O) groups excluding carboxylic acids is 1. The Hall–Kier alpha value is -2.10. The highest BCUT2D eigenvalue weighted by Crippen LogP contribution is 2.39. The second-order valence-electron chi connectivity index (χ2n) is 7.62. The van der Waals surface area contributed by atoms with Crippen molar-refractivity contribution in [2.24, 2.45) is 0 Å². The molecule has 3 rings (SSSR count). The summed E-state index contributed by atoms with van der Waals surface area (Å²) in [5.41, 5.74) is 0.275. The van der Waals surface area contributed by atoms with Gasteiger partial charge in [0, 0.05) is 49.6 Å². The van der Waals surface area contributed by atoms with Crippen LogP contribution >= 0.6 is 11.8 Å². The van der Waals surface area contributed by atoms with Crippen LogP contribution in [0.5, 0.6) is 0 Å². The van der Waals surface area contributed by atoms with Gasteiger partial charge in [-0.05, 0) is 54.4 Å². The van der Waals surface area contributed by atoms with E-state index in [4.69, 9.17) is 4.74 Å². The summed E-state index contributed by atoms with van der Waals surface area (Å²) in [5, 5.41) is 0. The zero-order valence-corrected chi connectivity index (χ0v) is 18.3. The molecule has 2 aromatic carbocycles. The lowest BCUT2D eigenvalue weighted by Gasteiger charge is -2.29. The maximum Gasteiger partial charge on any atom is 0.401 e. The smallest absolute Gasteiger partial charge is 0.372 e. The molecule has 1 amide bonds. The lowest BCUT2D eigenvalue weighted by Crippen LogP contribution is -2.37. The Balaban J connectivity index is 1.81. The number of amides is 1.